The van der Waals surface area contributed by atoms with Gasteiger partial charge in [0, 0.05) is 9.77 Å². The molecule has 0 amide bonds. The summed E-state index contributed by atoms with van der Waals surface area (Å²) in [6.07, 6.45) is 2.45. The molecule has 1 aromatic rings. The number of aldehydes is 1. The minimum atomic E-state index is 0.495. The molecule has 0 radical (unpaired) electrons. The molecule has 10 heavy (non-hydrogen) atoms. The minimum absolute atomic E-state index is 0.495. The van der Waals surface area contributed by atoms with E-state index < -0.39 is 0 Å². The monoisotopic (exact) mass is 247 g/mol. The predicted molar refractivity (Wildman–Crippen MR) is 47.1 cm³/mol. The highest BCUT2D eigenvalue weighted by molar-refractivity contribution is 14.1. The number of halogens is 1. The van der Waals surface area contributed by atoms with E-state index in [9.17, 15) is 4.79 Å². The lowest BCUT2D eigenvalue weighted by Crippen LogP contribution is -1.89. The van der Waals surface area contributed by atoms with Crippen LogP contribution in [0.1, 0.15) is 16.1 Å². The van der Waals surface area contributed by atoms with Gasteiger partial charge in [0.05, 0.1) is 0 Å². The van der Waals surface area contributed by atoms with Crippen LogP contribution < -0.4 is 0 Å². The van der Waals surface area contributed by atoms with Crippen molar-refractivity contribution in [1.82, 2.24) is 4.98 Å². The maximum absolute atomic E-state index is 10.2. The second-order valence-electron chi connectivity index (χ2n) is 1.98. The molecule has 2 nitrogen and oxygen atoms in total. The van der Waals surface area contributed by atoms with Crippen molar-refractivity contribution in [3.63, 3.8) is 0 Å². The van der Waals surface area contributed by atoms with Gasteiger partial charge in [-0.3, -0.25) is 9.78 Å². The van der Waals surface area contributed by atoms with Crippen LogP contribution in [0.4, 0.5) is 0 Å². The Morgan fingerprint density at radius 2 is 2.40 bits per heavy atom. The van der Waals surface area contributed by atoms with Crippen LogP contribution in [0.15, 0.2) is 12.3 Å². The Labute approximate surface area is 72.8 Å². The van der Waals surface area contributed by atoms with Crippen molar-refractivity contribution in [2.75, 3.05) is 0 Å². The van der Waals surface area contributed by atoms with Crippen LogP contribution in [0.25, 0.3) is 0 Å². The van der Waals surface area contributed by atoms with Gasteiger partial charge in [0.1, 0.15) is 5.69 Å². The fourth-order valence-corrected chi connectivity index (χ4v) is 1.04. The van der Waals surface area contributed by atoms with Gasteiger partial charge in [0.15, 0.2) is 6.29 Å². The van der Waals surface area contributed by atoms with Crippen LogP contribution >= 0.6 is 22.6 Å². The maximum Gasteiger partial charge on any atom is 0.168 e. The first-order valence-corrected chi connectivity index (χ1v) is 3.89. The quantitative estimate of drug-likeness (QED) is 0.559. The van der Waals surface area contributed by atoms with E-state index in [1.807, 2.05) is 6.92 Å². The lowest BCUT2D eigenvalue weighted by Gasteiger charge is -1.95. The zero-order valence-electron chi connectivity index (χ0n) is 5.47. The van der Waals surface area contributed by atoms with Crippen LogP contribution in [0.5, 0.6) is 0 Å². The molecule has 0 N–H and O–H groups in total. The first-order chi connectivity index (χ1) is 4.74. The van der Waals surface area contributed by atoms with E-state index in [-0.39, 0.29) is 0 Å². The number of carbonyl (C=O) groups excluding carboxylic acids is 1. The van der Waals surface area contributed by atoms with Crippen molar-refractivity contribution in [3.05, 3.63) is 27.1 Å². The van der Waals surface area contributed by atoms with Gasteiger partial charge < -0.3 is 0 Å². The number of carbonyl (C=O) groups is 1. The van der Waals surface area contributed by atoms with E-state index in [0.29, 0.717) is 5.69 Å². The number of hydrogen-bond donors (Lipinski definition) is 0. The molecule has 0 aromatic carbocycles. The second-order valence-corrected chi connectivity index (χ2v) is 3.14. The third-order valence-electron chi connectivity index (χ3n) is 1.18. The number of hydrogen-bond acceptors (Lipinski definition) is 2. The molecular formula is C7H6INO. The first-order valence-electron chi connectivity index (χ1n) is 2.81. The minimum Gasteiger partial charge on any atom is -0.296 e. The van der Waals surface area contributed by atoms with Gasteiger partial charge in [0.25, 0.3) is 0 Å². The highest BCUT2D eigenvalue weighted by Crippen LogP contribution is 2.09. The predicted octanol–water partition coefficient (Wildman–Crippen LogP) is 1.81. The third-order valence-corrected chi connectivity index (χ3v) is 2.34. The molecule has 52 valence electrons. The van der Waals surface area contributed by atoms with E-state index >= 15 is 0 Å². The molecule has 1 rings (SSSR count). The molecule has 0 bridgehead atoms. The number of rotatable bonds is 1. The molecule has 0 aliphatic heterocycles. The van der Waals surface area contributed by atoms with Crippen LogP contribution in [0.3, 0.4) is 0 Å². The smallest absolute Gasteiger partial charge is 0.168 e. The molecular weight excluding hydrogens is 241 g/mol. The molecule has 0 aliphatic rings. The van der Waals surface area contributed by atoms with Gasteiger partial charge in [-0.2, -0.15) is 0 Å². The lowest BCUT2D eigenvalue weighted by atomic mass is 10.3. The SMILES string of the molecule is Cc1cnc(C=O)cc1I. The molecule has 0 saturated carbocycles. The summed E-state index contributed by atoms with van der Waals surface area (Å²) in [7, 11) is 0. The van der Waals surface area contributed by atoms with E-state index in [0.717, 1.165) is 15.4 Å². The van der Waals surface area contributed by atoms with Crippen molar-refractivity contribution in [2.24, 2.45) is 0 Å². The van der Waals surface area contributed by atoms with Crippen LogP contribution in [-0.4, -0.2) is 11.3 Å². The first kappa shape index (κ1) is 7.65. The highest BCUT2D eigenvalue weighted by Gasteiger charge is 1.95. The number of aryl methyl sites for hydroxylation is 1. The average molecular weight is 247 g/mol. The van der Waals surface area contributed by atoms with E-state index in [2.05, 4.69) is 27.6 Å². The average Bonchev–Trinajstić information content (AvgIpc) is 1.95. The van der Waals surface area contributed by atoms with Crippen molar-refractivity contribution < 1.29 is 4.79 Å². The van der Waals surface area contributed by atoms with Gasteiger partial charge in [-0.15, -0.1) is 0 Å². The van der Waals surface area contributed by atoms with Crippen molar-refractivity contribution >= 4 is 28.9 Å². The Kier molecular flexibility index (Phi) is 2.37. The molecule has 0 aliphatic carbocycles. The molecule has 3 heteroatoms. The van der Waals surface area contributed by atoms with Gasteiger partial charge in [-0.05, 0) is 41.1 Å². The Hall–Kier alpha value is -0.450. The van der Waals surface area contributed by atoms with Gasteiger partial charge in [-0.25, -0.2) is 0 Å². The highest BCUT2D eigenvalue weighted by atomic mass is 127. The largest absolute Gasteiger partial charge is 0.296 e. The molecule has 0 spiro atoms. The van der Waals surface area contributed by atoms with E-state index in [1.165, 1.54) is 0 Å². The molecule has 0 atom stereocenters. The van der Waals surface area contributed by atoms with Crippen LogP contribution in [0.2, 0.25) is 0 Å². The van der Waals surface area contributed by atoms with E-state index in [1.54, 1.807) is 12.3 Å². The van der Waals surface area contributed by atoms with Crippen molar-refractivity contribution in [3.8, 4) is 0 Å². The summed E-state index contributed by atoms with van der Waals surface area (Å²) in [5.74, 6) is 0. The van der Waals surface area contributed by atoms with Gasteiger partial charge in [-0.1, -0.05) is 0 Å². The van der Waals surface area contributed by atoms with Gasteiger partial charge >= 0.3 is 0 Å². The lowest BCUT2D eigenvalue weighted by molar-refractivity contribution is 0.111. The Morgan fingerprint density at radius 1 is 1.70 bits per heavy atom. The number of nitrogens with zero attached hydrogens (tertiary/aromatic N) is 1. The summed E-state index contributed by atoms with van der Waals surface area (Å²) in [5.41, 5.74) is 1.60. The Balaban J connectivity index is 3.16. The molecule has 0 unspecified atom stereocenters. The Bertz CT molecular complexity index is 260. The van der Waals surface area contributed by atoms with Crippen molar-refractivity contribution in [1.29, 1.82) is 0 Å². The standard InChI is InChI=1S/C7H6INO/c1-5-3-9-6(4-10)2-7(5)8/h2-4H,1H3. The molecule has 1 aromatic heterocycles. The number of pyridine rings is 1. The fraction of sp³-hybridized carbons (Fsp3) is 0.143. The van der Waals surface area contributed by atoms with Crippen molar-refractivity contribution in [2.45, 2.75) is 6.92 Å². The zero-order chi connectivity index (χ0) is 7.56. The second kappa shape index (κ2) is 3.09. The Morgan fingerprint density at radius 3 is 2.90 bits per heavy atom. The topological polar surface area (TPSA) is 30.0 Å². The van der Waals surface area contributed by atoms with Gasteiger partial charge in [0.2, 0.25) is 0 Å². The third kappa shape index (κ3) is 1.53. The van der Waals surface area contributed by atoms with E-state index in [4.69, 9.17) is 0 Å². The number of aromatic nitrogens is 1. The molecule has 0 fully saturated rings. The maximum atomic E-state index is 10.2. The summed E-state index contributed by atoms with van der Waals surface area (Å²) < 4.78 is 1.08. The fourth-order valence-electron chi connectivity index (χ4n) is 0.578. The molecule has 0 saturated heterocycles. The summed E-state index contributed by atoms with van der Waals surface area (Å²) in [5, 5.41) is 0. The summed E-state index contributed by atoms with van der Waals surface area (Å²) in [4.78, 5) is 14.1. The van der Waals surface area contributed by atoms with Crippen LogP contribution in [0, 0.1) is 10.5 Å². The zero-order valence-corrected chi connectivity index (χ0v) is 7.62. The summed E-state index contributed by atoms with van der Waals surface area (Å²) >= 11 is 2.17. The summed E-state index contributed by atoms with van der Waals surface area (Å²) in [6.45, 7) is 1.96. The molecule has 1 heterocycles. The summed E-state index contributed by atoms with van der Waals surface area (Å²) in [6, 6.07) is 1.77. The van der Waals surface area contributed by atoms with Crippen LogP contribution in [-0.2, 0) is 0 Å². The normalized spacial score (nSPS) is 9.40.